The second kappa shape index (κ2) is 8.29. The molecule has 0 aromatic heterocycles. The first-order valence-electron chi connectivity index (χ1n) is 9.57. The van der Waals surface area contributed by atoms with Crippen molar-refractivity contribution in [2.24, 2.45) is 5.92 Å². The van der Waals surface area contributed by atoms with Crippen molar-refractivity contribution in [2.45, 2.75) is 51.1 Å². The summed E-state index contributed by atoms with van der Waals surface area (Å²) in [4.78, 5) is 22.8. The summed E-state index contributed by atoms with van der Waals surface area (Å²) in [6.45, 7) is 2.30. The first-order valence-corrected chi connectivity index (χ1v) is 9.57. The van der Waals surface area contributed by atoms with Gasteiger partial charge in [0, 0.05) is 5.56 Å². The minimum absolute atomic E-state index is 0.106. The molecule has 28 heavy (non-hydrogen) atoms. The number of hydrogen-bond acceptors (Lipinski definition) is 2. The lowest BCUT2D eigenvalue weighted by Crippen LogP contribution is -2.25. The van der Waals surface area contributed by atoms with Crippen LogP contribution in [-0.4, -0.2) is 17.7 Å². The van der Waals surface area contributed by atoms with Gasteiger partial charge in [-0.3, -0.25) is 9.59 Å². The smallest absolute Gasteiger partial charge is 0.294 e. The van der Waals surface area contributed by atoms with Gasteiger partial charge in [0.25, 0.3) is 0 Å². The standard InChI is InChI=1S/C23H23F3O2/c1-15-2-4-16(5-3-15)17-6-8-18(9-7-17)19-10-12-20(13-11-19)21(27)14-22(28)23(24,25)26/h6-13,15-16H,2-5,14H2,1H3. The van der Waals surface area contributed by atoms with Gasteiger partial charge in [-0.2, -0.15) is 13.2 Å². The topological polar surface area (TPSA) is 34.1 Å². The number of hydrogen-bond donors (Lipinski definition) is 0. The quantitative estimate of drug-likeness (QED) is 0.442. The van der Waals surface area contributed by atoms with E-state index in [-0.39, 0.29) is 5.56 Å². The molecule has 2 aromatic rings. The highest BCUT2D eigenvalue weighted by Gasteiger charge is 2.39. The molecule has 2 nitrogen and oxygen atoms in total. The van der Waals surface area contributed by atoms with Crippen LogP contribution in [0.3, 0.4) is 0 Å². The first kappa shape index (κ1) is 20.3. The third-order valence-corrected chi connectivity index (χ3v) is 5.58. The Bertz CT molecular complexity index is 828. The maximum Gasteiger partial charge on any atom is 0.450 e. The van der Waals surface area contributed by atoms with Gasteiger partial charge in [0.1, 0.15) is 0 Å². The van der Waals surface area contributed by atoms with Crippen LogP contribution in [0.15, 0.2) is 48.5 Å². The molecule has 148 valence electrons. The van der Waals surface area contributed by atoms with E-state index in [9.17, 15) is 22.8 Å². The molecule has 0 aliphatic heterocycles. The molecule has 0 radical (unpaired) electrons. The van der Waals surface area contributed by atoms with Gasteiger partial charge in [0.2, 0.25) is 5.78 Å². The maximum absolute atomic E-state index is 12.3. The van der Waals surface area contributed by atoms with Crippen LogP contribution in [0, 0.1) is 5.92 Å². The summed E-state index contributed by atoms with van der Waals surface area (Å²) in [7, 11) is 0. The van der Waals surface area contributed by atoms with Crippen LogP contribution >= 0.6 is 0 Å². The van der Waals surface area contributed by atoms with Crippen molar-refractivity contribution in [2.75, 3.05) is 0 Å². The van der Waals surface area contributed by atoms with Gasteiger partial charge in [0.05, 0.1) is 6.42 Å². The van der Waals surface area contributed by atoms with Gasteiger partial charge in [-0.25, -0.2) is 0 Å². The Hall–Kier alpha value is -2.43. The summed E-state index contributed by atoms with van der Waals surface area (Å²) < 4.78 is 36.9. The van der Waals surface area contributed by atoms with Crippen LogP contribution in [0.4, 0.5) is 13.2 Å². The molecular weight excluding hydrogens is 365 g/mol. The number of halogens is 3. The SMILES string of the molecule is CC1CCC(c2ccc(-c3ccc(C(=O)CC(=O)C(F)(F)F)cc3)cc2)CC1. The van der Waals surface area contributed by atoms with Crippen LogP contribution < -0.4 is 0 Å². The molecule has 0 spiro atoms. The molecule has 0 amide bonds. The fourth-order valence-electron chi connectivity index (χ4n) is 3.74. The molecule has 0 saturated heterocycles. The largest absolute Gasteiger partial charge is 0.450 e. The van der Waals surface area contributed by atoms with Crippen LogP contribution in [0.5, 0.6) is 0 Å². The summed E-state index contributed by atoms with van der Waals surface area (Å²) in [5, 5.41) is 0. The van der Waals surface area contributed by atoms with Crippen molar-refractivity contribution < 1.29 is 22.8 Å². The van der Waals surface area contributed by atoms with E-state index < -0.39 is 24.2 Å². The third kappa shape index (κ3) is 4.89. The van der Waals surface area contributed by atoms with Gasteiger partial charge in [-0.05, 0) is 41.4 Å². The molecule has 1 fully saturated rings. The van der Waals surface area contributed by atoms with E-state index in [0.717, 1.165) is 17.0 Å². The van der Waals surface area contributed by atoms with Gasteiger partial charge in [-0.15, -0.1) is 0 Å². The molecule has 1 aliphatic carbocycles. The molecule has 0 heterocycles. The number of ketones is 2. The number of benzene rings is 2. The zero-order valence-corrected chi connectivity index (χ0v) is 15.8. The Kier molecular flexibility index (Phi) is 6.01. The number of carbonyl (C=O) groups is 2. The van der Waals surface area contributed by atoms with Crippen molar-refractivity contribution in [3.05, 3.63) is 59.7 Å². The zero-order chi connectivity index (χ0) is 20.3. The maximum atomic E-state index is 12.3. The van der Waals surface area contributed by atoms with E-state index in [4.69, 9.17) is 0 Å². The van der Waals surface area contributed by atoms with Gasteiger partial charge >= 0.3 is 6.18 Å². The number of rotatable bonds is 5. The molecule has 3 rings (SSSR count). The Morgan fingerprint density at radius 2 is 1.36 bits per heavy atom. The number of alkyl halides is 3. The fraction of sp³-hybridized carbons (Fsp3) is 0.391. The minimum Gasteiger partial charge on any atom is -0.294 e. The van der Waals surface area contributed by atoms with Crippen LogP contribution in [0.1, 0.15) is 60.9 Å². The fourth-order valence-corrected chi connectivity index (χ4v) is 3.74. The van der Waals surface area contributed by atoms with E-state index in [1.807, 2.05) is 12.1 Å². The highest BCUT2D eigenvalue weighted by atomic mass is 19.4. The highest BCUT2D eigenvalue weighted by molar-refractivity contribution is 6.09. The molecule has 5 heteroatoms. The van der Waals surface area contributed by atoms with Crippen LogP contribution in [-0.2, 0) is 4.79 Å². The van der Waals surface area contributed by atoms with E-state index in [0.29, 0.717) is 5.92 Å². The van der Waals surface area contributed by atoms with E-state index >= 15 is 0 Å². The average molecular weight is 388 g/mol. The van der Waals surface area contributed by atoms with Gasteiger partial charge in [0.15, 0.2) is 5.78 Å². The minimum atomic E-state index is -4.98. The Balaban J connectivity index is 1.66. The second-order valence-electron chi connectivity index (χ2n) is 7.68. The van der Waals surface area contributed by atoms with Crippen molar-refractivity contribution in [1.82, 2.24) is 0 Å². The molecule has 1 aliphatic rings. The molecule has 0 bridgehead atoms. The highest BCUT2D eigenvalue weighted by Crippen LogP contribution is 2.36. The predicted octanol–water partition coefficient (Wildman–Crippen LogP) is 6.35. The first-order chi connectivity index (χ1) is 13.2. The molecule has 0 atom stereocenters. The lowest BCUT2D eigenvalue weighted by atomic mass is 9.79. The lowest BCUT2D eigenvalue weighted by molar-refractivity contribution is -0.170. The van der Waals surface area contributed by atoms with Crippen molar-refractivity contribution in [3.8, 4) is 11.1 Å². The molecule has 0 unspecified atom stereocenters. The zero-order valence-electron chi connectivity index (χ0n) is 15.8. The van der Waals surface area contributed by atoms with Crippen LogP contribution in [0.25, 0.3) is 11.1 Å². The Labute approximate surface area is 162 Å². The van der Waals surface area contributed by atoms with Crippen molar-refractivity contribution >= 4 is 11.6 Å². The predicted molar refractivity (Wildman–Crippen MR) is 102 cm³/mol. The third-order valence-electron chi connectivity index (χ3n) is 5.58. The number of carbonyl (C=O) groups excluding carboxylic acids is 2. The Morgan fingerprint density at radius 3 is 1.86 bits per heavy atom. The summed E-state index contributed by atoms with van der Waals surface area (Å²) in [6, 6.07) is 14.7. The van der Waals surface area contributed by atoms with Crippen molar-refractivity contribution in [3.63, 3.8) is 0 Å². The molecule has 2 aromatic carbocycles. The van der Waals surface area contributed by atoms with Gasteiger partial charge < -0.3 is 0 Å². The summed E-state index contributed by atoms with van der Waals surface area (Å²) >= 11 is 0. The van der Waals surface area contributed by atoms with Crippen LogP contribution in [0.2, 0.25) is 0 Å². The van der Waals surface area contributed by atoms with E-state index in [2.05, 4.69) is 19.1 Å². The summed E-state index contributed by atoms with van der Waals surface area (Å²) in [6.07, 6.45) is -1.18. The average Bonchev–Trinajstić information content (AvgIpc) is 2.68. The summed E-state index contributed by atoms with van der Waals surface area (Å²) in [5.41, 5.74) is 3.31. The molecule has 0 N–H and O–H groups in total. The van der Waals surface area contributed by atoms with Gasteiger partial charge in [-0.1, -0.05) is 68.3 Å². The van der Waals surface area contributed by atoms with E-state index in [1.165, 1.54) is 43.4 Å². The normalized spacial score (nSPS) is 20.0. The second-order valence-corrected chi connectivity index (χ2v) is 7.68. The lowest BCUT2D eigenvalue weighted by Gasteiger charge is -2.26. The van der Waals surface area contributed by atoms with Crippen molar-refractivity contribution in [1.29, 1.82) is 0 Å². The number of Topliss-reactive ketones (excluding diaryl/α,β-unsaturated/α-hetero) is 2. The molecular formula is C23H23F3O2. The Morgan fingerprint density at radius 1 is 0.857 bits per heavy atom. The monoisotopic (exact) mass is 388 g/mol. The molecule has 1 saturated carbocycles. The summed E-state index contributed by atoms with van der Waals surface area (Å²) in [5.74, 6) is -1.43. The van der Waals surface area contributed by atoms with E-state index in [1.54, 1.807) is 12.1 Å².